The normalized spacial score (nSPS) is 10.3. The molecule has 0 spiro atoms. The average Bonchev–Trinajstić information content (AvgIpc) is 2.77. The third kappa shape index (κ3) is 1.69. The lowest BCUT2D eigenvalue weighted by molar-refractivity contribution is 0.103. The maximum Gasteiger partial charge on any atom is 0.213 e. The molecule has 2 rings (SSSR count). The van der Waals surface area contributed by atoms with Gasteiger partial charge in [0.15, 0.2) is 0 Å². The molecule has 1 heterocycles. The first kappa shape index (κ1) is 10.4. The van der Waals surface area contributed by atoms with Crippen LogP contribution in [0.25, 0.3) is 0 Å². The molecule has 0 saturated heterocycles. The number of carbonyl (C=O) groups excluding carboxylic acids is 1. The Hall–Kier alpha value is -2.10. The van der Waals surface area contributed by atoms with Crippen molar-refractivity contribution in [3.8, 4) is 0 Å². The van der Waals surface area contributed by atoms with Gasteiger partial charge in [-0.1, -0.05) is 12.1 Å². The Bertz CT molecular complexity index is 516. The summed E-state index contributed by atoms with van der Waals surface area (Å²) in [6, 6.07) is 8.77. The SMILES string of the molecule is CCn1nccc1C(=O)c1ccccc1N. The van der Waals surface area contributed by atoms with Gasteiger partial charge in [0.2, 0.25) is 5.78 Å². The molecule has 0 amide bonds. The van der Waals surface area contributed by atoms with Crippen molar-refractivity contribution in [1.29, 1.82) is 0 Å². The second kappa shape index (κ2) is 4.18. The molecule has 0 aliphatic rings. The minimum absolute atomic E-state index is 0.0857. The van der Waals surface area contributed by atoms with E-state index in [2.05, 4.69) is 5.10 Å². The lowest BCUT2D eigenvalue weighted by atomic mass is 10.1. The predicted molar refractivity (Wildman–Crippen MR) is 62.2 cm³/mol. The van der Waals surface area contributed by atoms with Crippen molar-refractivity contribution in [2.45, 2.75) is 13.5 Å². The van der Waals surface area contributed by atoms with Crippen molar-refractivity contribution in [3.05, 3.63) is 47.8 Å². The fourth-order valence-corrected chi connectivity index (χ4v) is 1.62. The number of benzene rings is 1. The quantitative estimate of drug-likeness (QED) is 0.626. The molecule has 0 unspecified atom stereocenters. The van der Waals surface area contributed by atoms with Crippen LogP contribution < -0.4 is 5.73 Å². The van der Waals surface area contributed by atoms with Crippen LogP contribution in [0.4, 0.5) is 5.69 Å². The van der Waals surface area contributed by atoms with Crippen LogP contribution in [-0.4, -0.2) is 15.6 Å². The van der Waals surface area contributed by atoms with Gasteiger partial charge in [0.25, 0.3) is 0 Å². The van der Waals surface area contributed by atoms with Crippen molar-refractivity contribution < 1.29 is 4.79 Å². The van der Waals surface area contributed by atoms with Gasteiger partial charge in [-0.3, -0.25) is 9.48 Å². The molecule has 0 fully saturated rings. The van der Waals surface area contributed by atoms with E-state index in [-0.39, 0.29) is 5.78 Å². The third-order valence-corrected chi connectivity index (χ3v) is 2.45. The number of hydrogen-bond donors (Lipinski definition) is 1. The minimum atomic E-state index is -0.0857. The van der Waals surface area contributed by atoms with Gasteiger partial charge >= 0.3 is 0 Å². The van der Waals surface area contributed by atoms with Crippen LogP contribution in [-0.2, 0) is 6.54 Å². The number of hydrogen-bond acceptors (Lipinski definition) is 3. The van der Waals surface area contributed by atoms with E-state index in [0.29, 0.717) is 23.5 Å². The van der Waals surface area contributed by atoms with Crippen molar-refractivity contribution >= 4 is 11.5 Å². The Morgan fingerprint density at radius 1 is 1.38 bits per heavy atom. The molecule has 0 aliphatic heterocycles. The number of ketones is 1. The molecule has 0 radical (unpaired) electrons. The Morgan fingerprint density at radius 2 is 2.12 bits per heavy atom. The second-order valence-electron chi connectivity index (χ2n) is 3.45. The van der Waals surface area contributed by atoms with E-state index in [1.807, 2.05) is 13.0 Å². The zero-order chi connectivity index (χ0) is 11.5. The van der Waals surface area contributed by atoms with Crippen LogP contribution in [0.5, 0.6) is 0 Å². The Labute approximate surface area is 93.7 Å². The lowest BCUT2D eigenvalue weighted by Gasteiger charge is -2.05. The molecule has 0 saturated carbocycles. The number of anilines is 1. The summed E-state index contributed by atoms with van der Waals surface area (Å²) < 4.78 is 1.66. The first-order chi connectivity index (χ1) is 7.74. The molecule has 2 aromatic rings. The van der Waals surface area contributed by atoms with Gasteiger partial charge in [-0.25, -0.2) is 0 Å². The maximum atomic E-state index is 12.2. The number of nitrogens with two attached hydrogens (primary N) is 1. The fraction of sp³-hybridized carbons (Fsp3) is 0.167. The molecule has 4 nitrogen and oxygen atoms in total. The minimum Gasteiger partial charge on any atom is -0.398 e. The first-order valence-corrected chi connectivity index (χ1v) is 5.15. The monoisotopic (exact) mass is 215 g/mol. The predicted octanol–water partition coefficient (Wildman–Crippen LogP) is 1.72. The van der Waals surface area contributed by atoms with Crippen LogP contribution in [0.2, 0.25) is 0 Å². The molecule has 4 heteroatoms. The highest BCUT2D eigenvalue weighted by Crippen LogP contribution is 2.15. The van der Waals surface area contributed by atoms with E-state index in [0.717, 1.165) is 0 Å². The maximum absolute atomic E-state index is 12.2. The molecule has 0 aliphatic carbocycles. The molecule has 1 aromatic carbocycles. The number of aromatic nitrogens is 2. The number of carbonyl (C=O) groups is 1. The van der Waals surface area contributed by atoms with Gasteiger partial charge in [0.1, 0.15) is 5.69 Å². The van der Waals surface area contributed by atoms with E-state index in [1.54, 1.807) is 35.1 Å². The van der Waals surface area contributed by atoms with Crippen molar-refractivity contribution in [2.24, 2.45) is 0 Å². The Morgan fingerprint density at radius 3 is 2.81 bits per heavy atom. The lowest BCUT2D eigenvalue weighted by Crippen LogP contribution is -2.12. The highest BCUT2D eigenvalue weighted by atomic mass is 16.1. The van der Waals surface area contributed by atoms with Crippen LogP contribution in [0.1, 0.15) is 23.0 Å². The van der Waals surface area contributed by atoms with E-state index in [4.69, 9.17) is 5.73 Å². The average molecular weight is 215 g/mol. The van der Waals surface area contributed by atoms with E-state index in [9.17, 15) is 4.79 Å². The van der Waals surface area contributed by atoms with Gasteiger partial charge in [0.05, 0.1) is 0 Å². The summed E-state index contributed by atoms with van der Waals surface area (Å²) in [6.07, 6.45) is 1.62. The Kier molecular flexibility index (Phi) is 2.72. The molecule has 0 bridgehead atoms. The van der Waals surface area contributed by atoms with Crippen LogP contribution in [0, 0.1) is 0 Å². The zero-order valence-electron chi connectivity index (χ0n) is 9.05. The first-order valence-electron chi connectivity index (χ1n) is 5.15. The van der Waals surface area contributed by atoms with Crippen molar-refractivity contribution in [2.75, 3.05) is 5.73 Å². The molecular formula is C12H13N3O. The summed E-state index contributed by atoms with van der Waals surface area (Å²) in [6.45, 7) is 2.61. The van der Waals surface area contributed by atoms with Gasteiger partial charge < -0.3 is 5.73 Å². The fourth-order valence-electron chi connectivity index (χ4n) is 1.62. The van der Waals surface area contributed by atoms with E-state index >= 15 is 0 Å². The van der Waals surface area contributed by atoms with E-state index < -0.39 is 0 Å². The molecule has 16 heavy (non-hydrogen) atoms. The highest BCUT2D eigenvalue weighted by molar-refractivity contribution is 6.11. The third-order valence-electron chi connectivity index (χ3n) is 2.45. The van der Waals surface area contributed by atoms with Gasteiger partial charge in [-0.05, 0) is 25.1 Å². The van der Waals surface area contributed by atoms with Gasteiger partial charge in [0, 0.05) is 24.0 Å². The van der Waals surface area contributed by atoms with E-state index in [1.165, 1.54) is 0 Å². The zero-order valence-corrected chi connectivity index (χ0v) is 9.05. The van der Waals surface area contributed by atoms with Gasteiger partial charge in [-0.15, -0.1) is 0 Å². The Balaban J connectivity index is 2.44. The summed E-state index contributed by atoms with van der Waals surface area (Å²) >= 11 is 0. The van der Waals surface area contributed by atoms with Crippen LogP contribution in [0.15, 0.2) is 36.5 Å². The molecule has 0 atom stereocenters. The molecular weight excluding hydrogens is 202 g/mol. The van der Waals surface area contributed by atoms with Crippen molar-refractivity contribution in [3.63, 3.8) is 0 Å². The number of nitrogens with zero attached hydrogens (tertiary/aromatic N) is 2. The number of rotatable bonds is 3. The number of aryl methyl sites for hydroxylation is 1. The summed E-state index contributed by atoms with van der Waals surface area (Å²) in [4.78, 5) is 12.2. The summed E-state index contributed by atoms with van der Waals surface area (Å²) in [5.74, 6) is -0.0857. The molecule has 82 valence electrons. The smallest absolute Gasteiger partial charge is 0.213 e. The van der Waals surface area contributed by atoms with Gasteiger partial charge in [-0.2, -0.15) is 5.10 Å². The molecule has 1 aromatic heterocycles. The topological polar surface area (TPSA) is 60.9 Å². The summed E-state index contributed by atoms with van der Waals surface area (Å²) in [5.41, 5.74) is 7.36. The highest BCUT2D eigenvalue weighted by Gasteiger charge is 2.15. The summed E-state index contributed by atoms with van der Waals surface area (Å²) in [7, 11) is 0. The van der Waals surface area contributed by atoms with Crippen LogP contribution >= 0.6 is 0 Å². The second-order valence-corrected chi connectivity index (χ2v) is 3.45. The number of para-hydroxylation sites is 1. The number of nitrogen functional groups attached to an aromatic ring is 1. The molecule has 2 N–H and O–H groups in total. The standard InChI is InChI=1S/C12H13N3O/c1-2-15-11(7-8-14-15)12(16)9-5-3-4-6-10(9)13/h3-8H,2,13H2,1H3. The van der Waals surface area contributed by atoms with Crippen LogP contribution in [0.3, 0.4) is 0 Å². The largest absolute Gasteiger partial charge is 0.398 e. The van der Waals surface area contributed by atoms with Crippen molar-refractivity contribution in [1.82, 2.24) is 9.78 Å². The summed E-state index contributed by atoms with van der Waals surface area (Å²) in [5, 5.41) is 4.07.